The number of halogens is 3. The van der Waals surface area contributed by atoms with E-state index in [0.717, 1.165) is 10.0 Å². The number of carbonyl (C=O) groups is 3. The van der Waals surface area contributed by atoms with Gasteiger partial charge in [0.25, 0.3) is 5.91 Å². The normalized spacial score (nSPS) is 10.7. The summed E-state index contributed by atoms with van der Waals surface area (Å²) < 4.78 is 15.2. The molecule has 7 nitrogen and oxygen atoms in total. The van der Waals surface area contributed by atoms with Gasteiger partial charge in [-0.3, -0.25) is 19.8 Å². The molecule has 0 aliphatic carbocycles. The Kier molecular flexibility index (Phi) is 6.67. The minimum atomic E-state index is -0.993. The van der Waals surface area contributed by atoms with Gasteiger partial charge in [-0.15, -0.1) is 0 Å². The Balaban J connectivity index is 1.61. The zero-order chi connectivity index (χ0) is 24.4. The van der Waals surface area contributed by atoms with Crippen LogP contribution >= 0.6 is 27.5 Å². The second kappa shape index (κ2) is 9.66. The quantitative estimate of drug-likeness (QED) is 0.298. The first kappa shape index (κ1) is 23.5. The van der Waals surface area contributed by atoms with E-state index in [9.17, 15) is 18.8 Å². The Morgan fingerprint density at radius 2 is 1.59 bits per heavy atom. The van der Waals surface area contributed by atoms with Crippen LogP contribution in [0, 0.1) is 12.7 Å². The molecule has 4 rings (SSSR count). The first-order chi connectivity index (χ1) is 16.2. The van der Waals surface area contributed by atoms with Crippen LogP contribution in [0.5, 0.6) is 0 Å². The van der Waals surface area contributed by atoms with Crippen LogP contribution in [0.1, 0.15) is 16.1 Å². The van der Waals surface area contributed by atoms with Crippen molar-refractivity contribution in [2.75, 3.05) is 16.1 Å². The van der Waals surface area contributed by atoms with E-state index < -0.39 is 23.5 Å². The monoisotopic (exact) mass is 542 g/mol. The highest BCUT2D eigenvalue weighted by atomic mass is 79.9. The lowest BCUT2D eigenvalue weighted by Crippen LogP contribution is -2.36. The van der Waals surface area contributed by atoms with Crippen molar-refractivity contribution in [1.29, 1.82) is 0 Å². The summed E-state index contributed by atoms with van der Waals surface area (Å²) in [6, 6.07) is 16.9. The number of hydrogen-bond donors (Lipinski definition) is 3. The minimum absolute atomic E-state index is 0.0666. The van der Waals surface area contributed by atoms with Crippen LogP contribution in [0.15, 0.2) is 71.2 Å². The van der Waals surface area contributed by atoms with Crippen LogP contribution in [0.4, 0.5) is 15.8 Å². The summed E-state index contributed by atoms with van der Waals surface area (Å²) in [7, 11) is 0. The molecule has 3 amide bonds. The molecule has 172 valence electrons. The maximum atomic E-state index is 13.2. The van der Waals surface area contributed by atoms with Gasteiger partial charge in [0.15, 0.2) is 0 Å². The van der Waals surface area contributed by atoms with Gasteiger partial charge in [0.05, 0.1) is 5.52 Å². The minimum Gasteiger partial charge on any atom is -0.321 e. The van der Waals surface area contributed by atoms with E-state index in [2.05, 4.69) is 32.0 Å². The summed E-state index contributed by atoms with van der Waals surface area (Å²) in [6.07, 6.45) is 0. The van der Waals surface area contributed by atoms with E-state index in [1.165, 1.54) is 35.0 Å². The lowest BCUT2D eigenvalue weighted by molar-refractivity contribution is -0.133. The van der Waals surface area contributed by atoms with Crippen LogP contribution in [0.25, 0.3) is 10.9 Å². The highest BCUT2D eigenvalue weighted by molar-refractivity contribution is 9.10. The van der Waals surface area contributed by atoms with Crippen molar-refractivity contribution in [3.8, 4) is 0 Å². The Morgan fingerprint density at radius 1 is 0.882 bits per heavy atom. The molecule has 10 heteroatoms. The topological polar surface area (TPSA) is 92.2 Å². The second-order valence-corrected chi connectivity index (χ2v) is 8.71. The Bertz CT molecular complexity index is 1440. The number of anilines is 2. The van der Waals surface area contributed by atoms with Gasteiger partial charge in [-0.25, -0.2) is 9.07 Å². The first-order valence-electron chi connectivity index (χ1n) is 9.97. The van der Waals surface area contributed by atoms with E-state index >= 15 is 0 Å². The van der Waals surface area contributed by atoms with Crippen LogP contribution in [-0.2, 0) is 9.59 Å². The molecular weight excluding hydrogens is 527 g/mol. The van der Waals surface area contributed by atoms with Gasteiger partial charge in [0, 0.05) is 26.3 Å². The molecule has 3 aromatic carbocycles. The first-order valence-corrected chi connectivity index (χ1v) is 11.1. The number of carbonyl (C=O) groups excluding carboxylic acids is 3. The Labute approximate surface area is 207 Å². The van der Waals surface area contributed by atoms with E-state index in [1.54, 1.807) is 36.4 Å². The fraction of sp³-hybridized carbons (Fsp3) is 0.0417. The standard InChI is InChI=1S/C24H17BrClFN4O3/c1-13-2-6-18(12-19(13)26)29-23(33)24(34)30-31-20-9-3-15(25)10-14(20)11-21(31)22(32)28-17-7-4-16(27)5-8-17/h2-12H,1H3,(H,28,32)(H,29,33)(H,30,34). The highest BCUT2D eigenvalue weighted by Gasteiger charge is 2.21. The molecule has 0 atom stereocenters. The lowest BCUT2D eigenvalue weighted by atomic mass is 10.2. The molecule has 0 aliphatic rings. The number of aromatic nitrogens is 1. The van der Waals surface area contributed by atoms with Crippen molar-refractivity contribution in [3.05, 3.63) is 93.3 Å². The molecule has 1 heterocycles. The predicted molar refractivity (Wildman–Crippen MR) is 133 cm³/mol. The molecule has 0 saturated heterocycles. The smallest absolute Gasteiger partial charge is 0.321 e. The molecule has 1 aromatic heterocycles. The van der Waals surface area contributed by atoms with Gasteiger partial charge in [0.2, 0.25) is 0 Å². The van der Waals surface area contributed by atoms with Crippen LogP contribution in [0.2, 0.25) is 5.02 Å². The van der Waals surface area contributed by atoms with Gasteiger partial charge in [0.1, 0.15) is 11.5 Å². The molecule has 0 aliphatic heterocycles. The third kappa shape index (κ3) is 5.11. The molecule has 0 spiro atoms. The zero-order valence-corrected chi connectivity index (χ0v) is 20.0. The number of rotatable bonds is 4. The average Bonchev–Trinajstić information content (AvgIpc) is 3.15. The summed E-state index contributed by atoms with van der Waals surface area (Å²) in [5, 5.41) is 6.22. The third-order valence-corrected chi connectivity index (χ3v) is 5.85. The van der Waals surface area contributed by atoms with Crippen LogP contribution in [-0.4, -0.2) is 22.4 Å². The molecule has 4 aromatic rings. The number of benzene rings is 3. The van der Waals surface area contributed by atoms with Gasteiger partial charge in [-0.1, -0.05) is 33.6 Å². The van der Waals surface area contributed by atoms with Crippen molar-refractivity contribution in [3.63, 3.8) is 0 Å². The molecule has 0 saturated carbocycles. The molecule has 3 N–H and O–H groups in total. The second-order valence-electron chi connectivity index (χ2n) is 7.39. The number of amides is 3. The zero-order valence-electron chi connectivity index (χ0n) is 17.7. The van der Waals surface area contributed by atoms with Crippen molar-refractivity contribution in [2.45, 2.75) is 6.92 Å². The lowest BCUT2D eigenvalue weighted by Gasteiger charge is -2.13. The fourth-order valence-corrected chi connectivity index (χ4v) is 3.77. The highest BCUT2D eigenvalue weighted by Crippen LogP contribution is 2.24. The van der Waals surface area contributed by atoms with E-state index in [1.807, 2.05) is 6.92 Å². The maximum Gasteiger partial charge on any atom is 0.328 e. The van der Waals surface area contributed by atoms with E-state index in [4.69, 9.17) is 11.6 Å². The van der Waals surface area contributed by atoms with Gasteiger partial charge in [-0.05, 0) is 73.2 Å². The maximum absolute atomic E-state index is 13.2. The molecule has 0 unspecified atom stereocenters. The number of hydrogen-bond acceptors (Lipinski definition) is 3. The molecular formula is C24H17BrClFN4O3. The number of aryl methyl sites for hydroxylation is 1. The summed E-state index contributed by atoms with van der Waals surface area (Å²) in [5.41, 5.74) is 4.57. The van der Waals surface area contributed by atoms with Crippen molar-refractivity contribution >= 4 is 67.5 Å². The summed E-state index contributed by atoms with van der Waals surface area (Å²) in [6.45, 7) is 1.81. The Morgan fingerprint density at radius 3 is 2.29 bits per heavy atom. The van der Waals surface area contributed by atoms with Gasteiger partial charge >= 0.3 is 11.8 Å². The van der Waals surface area contributed by atoms with Gasteiger partial charge < -0.3 is 10.6 Å². The third-order valence-electron chi connectivity index (χ3n) is 4.95. The van der Waals surface area contributed by atoms with Crippen LogP contribution < -0.4 is 16.1 Å². The number of nitrogens with zero attached hydrogens (tertiary/aromatic N) is 1. The number of fused-ring (bicyclic) bond motifs is 1. The summed E-state index contributed by atoms with van der Waals surface area (Å²) in [4.78, 5) is 38.2. The average molecular weight is 544 g/mol. The van der Waals surface area contributed by atoms with Crippen LogP contribution in [0.3, 0.4) is 0 Å². The van der Waals surface area contributed by atoms with E-state index in [0.29, 0.717) is 27.3 Å². The molecule has 34 heavy (non-hydrogen) atoms. The van der Waals surface area contributed by atoms with Crippen molar-refractivity contribution in [1.82, 2.24) is 4.68 Å². The number of nitrogens with one attached hydrogen (secondary N) is 3. The van der Waals surface area contributed by atoms with E-state index in [-0.39, 0.29) is 5.69 Å². The Hall–Kier alpha value is -3.69. The summed E-state index contributed by atoms with van der Waals surface area (Å²) in [5.74, 6) is -2.94. The SMILES string of the molecule is Cc1ccc(NC(=O)C(=O)Nn2c(C(=O)Nc3ccc(F)cc3)cc3cc(Br)ccc32)cc1Cl. The molecule has 0 fully saturated rings. The van der Waals surface area contributed by atoms with Crippen molar-refractivity contribution in [2.24, 2.45) is 0 Å². The molecule has 0 bridgehead atoms. The summed E-state index contributed by atoms with van der Waals surface area (Å²) >= 11 is 9.45. The van der Waals surface area contributed by atoms with Gasteiger partial charge in [-0.2, -0.15) is 0 Å². The van der Waals surface area contributed by atoms with Crippen molar-refractivity contribution < 1.29 is 18.8 Å². The fourth-order valence-electron chi connectivity index (χ4n) is 3.21. The molecule has 0 radical (unpaired) electrons. The largest absolute Gasteiger partial charge is 0.328 e. The predicted octanol–water partition coefficient (Wildman–Crippen LogP) is 5.47.